The number of nitro benzene ring substituents is 1. The summed E-state index contributed by atoms with van der Waals surface area (Å²) in [6, 6.07) is 15.2. The van der Waals surface area contributed by atoms with Gasteiger partial charge < -0.3 is 15.1 Å². The van der Waals surface area contributed by atoms with E-state index in [1.165, 1.54) is 5.56 Å². The summed E-state index contributed by atoms with van der Waals surface area (Å²) in [6.45, 7) is 7.71. The predicted octanol–water partition coefficient (Wildman–Crippen LogP) is 4.63. The molecule has 0 saturated carbocycles. The molecule has 7 heteroatoms. The van der Waals surface area contributed by atoms with Gasteiger partial charge in [-0.1, -0.05) is 26.0 Å². The van der Waals surface area contributed by atoms with E-state index in [0.717, 1.165) is 49.1 Å². The number of thiocarbonyl (C=S) groups is 1. The van der Waals surface area contributed by atoms with Gasteiger partial charge in [0.15, 0.2) is 5.11 Å². The van der Waals surface area contributed by atoms with Crippen molar-refractivity contribution in [2.45, 2.75) is 26.2 Å². The molecule has 0 aromatic heterocycles. The van der Waals surface area contributed by atoms with E-state index < -0.39 is 0 Å². The second kappa shape index (κ2) is 9.01. The van der Waals surface area contributed by atoms with Crippen LogP contribution in [0.3, 0.4) is 0 Å². The SMILES string of the molecule is CC[C@@H](C)c1ccc(NC(=S)N2CCN(c3ccc([N+](=O)[O-])cc3)CC2)cc1. The van der Waals surface area contributed by atoms with Crippen molar-refractivity contribution in [1.29, 1.82) is 0 Å². The lowest BCUT2D eigenvalue weighted by Crippen LogP contribution is -2.50. The Bertz CT molecular complexity index is 815. The molecule has 0 amide bonds. The molecule has 28 heavy (non-hydrogen) atoms. The van der Waals surface area contributed by atoms with Gasteiger partial charge in [0, 0.05) is 49.7 Å². The van der Waals surface area contributed by atoms with E-state index in [1.807, 2.05) is 12.1 Å². The maximum atomic E-state index is 10.8. The highest BCUT2D eigenvalue weighted by Gasteiger charge is 2.20. The van der Waals surface area contributed by atoms with E-state index in [0.29, 0.717) is 5.92 Å². The average Bonchev–Trinajstić information content (AvgIpc) is 2.74. The Morgan fingerprint density at radius 3 is 2.25 bits per heavy atom. The van der Waals surface area contributed by atoms with Gasteiger partial charge in [-0.3, -0.25) is 10.1 Å². The number of rotatable bonds is 5. The van der Waals surface area contributed by atoms with E-state index in [-0.39, 0.29) is 10.6 Å². The van der Waals surface area contributed by atoms with Gasteiger partial charge in [0.1, 0.15) is 0 Å². The first-order valence-corrected chi connectivity index (χ1v) is 10.0. The number of nitro groups is 1. The first-order valence-electron chi connectivity index (χ1n) is 9.63. The van der Waals surface area contributed by atoms with Crippen molar-refractivity contribution in [1.82, 2.24) is 4.90 Å². The fraction of sp³-hybridized carbons (Fsp3) is 0.381. The fourth-order valence-electron chi connectivity index (χ4n) is 3.29. The van der Waals surface area contributed by atoms with Crippen LogP contribution in [0.4, 0.5) is 17.1 Å². The standard InChI is InChI=1S/C21H26N4O2S/c1-3-16(2)17-4-6-18(7-5-17)22-21(28)24-14-12-23(13-15-24)19-8-10-20(11-9-19)25(26)27/h4-11,16H,3,12-15H2,1-2H3,(H,22,28)/t16-/m1/s1. The summed E-state index contributed by atoms with van der Waals surface area (Å²) < 4.78 is 0. The van der Waals surface area contributed by atoms with Crippen molar-refractivity contribution in [3.8, 4) is 0 Å². The van der Waals surface area contributed by atoms with E-state index in [4.69, 9.17) is 12.2 Å². The molecule has 1 N–H and O–H groups in total. The van der Waals surface area contributed by atoms with Crippen LogP contribution in [0.15, 0.2) is 48.5 Å². The molecule has 0 bridgehead atoms. The number of non-ortho nitro benzene ring substituents is 1. The number of anilines is 2. The maximum absolute atomic E-state index is 10.8. The topological polar surface area (TPSA) is 61.6 Å². The molecule has 1 aliphatic rings. The van der Waals surface area contributed by atoms with Crippen LogP contribution in [0.25, 0.3) is 0 Å². The van der Waals surface area contributed by atoms with Gasteiger partial charge in [-0.25, -0.2) is 0 Å². The van der Waals surface area contributed by atoms with Crippen LogP contribution in [-0.2, 0) is 0 Å². The predicted molar refractivity (Wildman–Crippen MR) is 118 cm³/mol. The van der Waals surface area contributed by atoms with Crippen LogP contribution in [0.1, 0.15) is 31.7 Å². The molecule has 0 radical (unpaired) electrons. The normalized spacial score (nSPS) is 15.2. The third-order valence-corrected chi connectivity index (χ3v) is 5.70. The van der Waals surface area contributed by atoms with Gasteiger partial charge in [-0.15, -0.1) is 0 Å². The Morgan fingerprint density at radius 2 is 1.71 bits per heavy atom. The van der Waals surface area contributed by atoms with Gasteiger partial charge >= 0.3 is 0 Å². The average molecular weight is 399 g/mol. The second-order valence-electron chi connectivity index (χ2n) is 7.11. The monoisotopic (exact) mass is 398 g/mol. The van der Waals surface area contributed by atoms with Crippen molar-refractivity contribution in [2.24, 2.45) is 0 Å². The molecule has 148 valence electrons. The van der Waals surface area contributed by atoms with Crippen molar-refractivity contribution >= 4 is 34.4 Å². The van der Waals surface area contributed by atoms with E-state index in [2.05, 4.69) is 53.2 Å². The number of hydrogen-bond acceptors (Lipinski definition) is 4. The summed E-state index contributed by atoms with van der Waals surface area (Å²) in [6.07, 6.45) is 1.13. The van der Waals surface area contributed by atoms with E-state index in [9.17, 15) is 10.1 Å². The number of piperazine rings is 1. The third kappa shape index (κ3) is 4.78. The highest BCUT2D eigenvalue weighted by Crippen LogP contribution is 2.22. The Hall–Kier alpha value is -2.67. The number of hydrogen-bond donors (Lipinski definition) is 1. The van der Waals surface area contributed by atoms with Gasteiger partial charge in [0.05, 0.1) is 4.92 Å². The van der Waals surface area contributed by atoms with Crippen LogP contribution in [-0.4, -0.2) is 41.1 Å². The summed E-state index contributed by atoms with van der Waals surface area (Å²) in [5.41, 5.74) is 3.47. The highest BCUT2D eigenvalue weighted by molar-refractivity contribution is 7.80. The lowest BCUT2D eigenvalue weighted by atomic mass is 9.99. The highest BCUT2D eigenvalue weighted by atomic mass is 32.1. The van der Waals surface area contributed by atoms with Crippen LogP contribution < -0.4 is 10.2 Å². The molecular weight excluding hydrogens is 372 g/mol. The lowest BCUT2D eigenvalue weighted by Gasteiger charge is -2.37. The van der Waals surface area contributed by atoms with Crippen LogP contribution in [0, 0.1) is 10.1 Å². The number of nitrogens with one attached hydrogen (secondary N) is 1. The van der Waals surface area contributed by atoms with Crippen molar-refractivity contribution in [3.05, 3.63) is 64.2 Å². The molecule has 2 aromatic carbocycles. The van der Waals surface area contributed by atoms with Crippen LogP contribution in [0.2, 0.25) is 0 Å². The van der Waals surface area contributed by atoms with Crippen molar-refractivity contribution in [3.63, 3.8) is 0 Å². The first kappa shape index (κ1) is 20.1. The summed E-state index contributed by atoms with van der Waals surface area (Å²) in [4.78, 5) is 14.8. The molecule has 1 atom stereocenters. The Morgan fingerprint density at radius 1 is 1.11 bits per heavy atom. The molecule has 0 unspecified atom stereocenters. The number of nitrogens with zero attached hydrogens (tertiary/aromatic N) is 3. The summed E-state index contributed by atoms with van der Waals surface area (Å²) in [5.74, 6) is 0.563. The fourth-order valence-corrected chi connectivity index (χ4v) is 3.59. The molecule has 3 rings (SSSR count). The molecule has 1 aliphatic heterocycles. The zero-order chi connectivity index (χ0) is 20.1. The molecule has 0 spiro atoms. The van der Waals surface area contributed by atoms with Crippen LogP contribution in [0.5, 0.6) is 0 Å². The maximum Gasteiger partial charge on any atom is 0.269 e. The van der Waals surface area contributed by atoms with Gasteiger partial charge in [-0.2, -0.15) is 0 Å². The molecule has 1 heterocycles. The zero-order valence-corrected chi connectivity index (χ0v) is 17.1. The number of benzene rings is 2. The van der Waals surface area contributed by atoms with Crippen molar-refractivity contribution in [2.75, 3.05) is 36.4 Å². The van der Waals surface area contributed by atoms with Gasteiger partial charge in [-0.05, 0) is 54.4 Å². The minimum Gasteiger partial charge on any atom is -0.368 e. The Labute approximate surface area is 171 Å². The zero-order valence-electron chi connectivity index (χ0n) is 16.3. The molecule has 1 fully saturated rings. The van der Waals surface area contributed by atoms with E-state index >= 15 is 0 Å². The Kier molecular flexibility index (Phi) is 6.46. The molecule has 6 nitrogen and oxygen atoms in total. The second-order valence-corrected chi connectivity index (χ2v) is 7.50. The smallest absolute Gasteiger partial charge is 0.269 e. The van der Waals surface area contributed by atoms with Crippen LogP contribution >= 0.6 is 12.2 Å². The summed E-state index contributed by atoms with van der Waals surface area (Å²) in [7, 11) is 0. The first-order chi connectivity index (χ1) is 13.5. The molecule has 2 aromatic rings. The summed E-state index contributed by atoms with van der Waals surface area (Å²) >= 11 is 5.59. The van der Waals surface area contributed by atoms with Gasteiger partial charge in [0.2, 0.25) is 0 Å². The third-order valence-electron chi connectivity index (χ3n) is 5.34. The largest absolute Gasteiger partial charge is 0.368 e. The summed E-state index contributed by atoms with van der Waals surface area (Å²) in [5, 5.41) is 14.9. The minimum atomic E-state index is -0.374. The molecule has 1 saturated heterocycles. The minimum absolute atomic E-state index is 0.118. The lowest BCUT2D eigenvalue weighted by molar-refractivity contribution is -0.384. The molecular formula is C21H26N4O2S. The van der Waals surface area contributed by atoms with Gasteiger partial charge in [0.25, 0.3) is 5.69 Å². The quantitative estimate of drug-likeness (QED) is 0.450. The van der Waals surface area contributed by atoms with E-state index in [1.54, 1.807) is 12.1 Å². The molecule has 0 aliphatic carbocycles. The Balaban J connectivity index is 1.52. The van der Waals surface area contributed by atoms with Crippen molar-refractivity contribution < 1.29 is 4.92 Å².